The molecular formula is C55H35N2OP. The van der Waals surface area contributed by atoms with Gasteiger partial charge in [0.05, 0.1) is 32.9 Å². The summed E-state index contributed by atoms with van der Waals surface area (Å²) >= 11 is 0. The Bertz CT molecular complexity index is 3960. The normalized spacial score (nSPS) is 18.7. The van der Waals surface area contributed by atoms with E-state index in [-0.39, 0.29) is 11.8 Å². The monoisotopic (exact) mass is 770 g/mol. The Hall–Kier alpha value is -6.93. The molecule has 3 atom stereocenters. The van der Waals surface area contributed by atoms with E-state index in [0.29, 0.717) is 0 Å². The summed E-state index contributed by atoms with van der Waals surface area (Å²) in [5, 5.41) is 14.3. The van der Waals surface area contributed by atoms with Crippen molar-refractivity contribution in [2.24, 2.45) is 5.92 Å². The first-order valence-corrected chi connectivity index (χ1v) is 22.4. The van der Waals surface area contributed by atoms with E-state index in [1.807, 2.05) is 18.2 Å². The van der Waals surface area contributed by atoms with Crippen molar-refractivity contribution in [3.05, 3.63) is 186 Å². The van der Waals surface area contributed by atoms with E-state index in [0.717, 1.165) is 43.7 Å². The van der Waals surface area contributed by atoms with Crippen LogP contribution in [-0.4, -0.2) is 8.80 Å². The van der Waals surface area contributed by atoms with E-state index in [1.165, 1.54) is 75.9 Å². The van der Waals surface area contributed by atoms with Crippen molar-refractivity contribution in [2.75, 3.05) is 0 Å². The van der Waals surface area contributed by atoms with Crippen molar-refractivity contribution in [2.45, 2.75) is 12.8 Å². The molecule has 0 N–H and O–H groups in total. The fourth-order valence-corrected chi connectivity index (χ4v) is 14.7. The molecule has 1 aliphatic carbocycles. The van der Waals surface area contributed by atoms with Gasteiger partial charge in [0.1, 0.15) is 0 Å². The molecule has 14 rings (SSSR count). The Kier molecular flexibility index (Phi) is 6.07. The van der Waals surface area contributed by atoms with E-state index in [1.54, 1.807) is 0 Å². The number of hydrogen-bond acceptors (Lipinski definition) is 1. The molecule has 1 aliphatic heterocycles. The minimum absolute atomic E-state index is 0.0500. The quantitative estimate of drug-likeness (QED) is 0.164. The Balaban J connectivity index is 0.980. The van der Waals surface area contributed by atoms with Crippen molar-refractivity contribution >= 4 is 100 Å². The first-order valence-electron chi connectivity index (χ1n) is 20.7. The standard InChI is InChI=1S/C55H35N2OP/c1-32-28-51-46(41-19-10-17-39-37-15-6-8-23-49(37)57(51)54(39)41)31-44(32)42-20-11-21-43-47-30-34(25-27-52(47)59(58,55(42)43)35-12-3-2-4-13-35)33-24-26-50-45(29-33)40-18-9-16-38-36-14-5-7-22-48(36)56(50)53(38)40/h2-32,44H,1H3. The summed E-state index contributed by atoms with van der Waals surface area (Å²) in [5.74, 6) is 0.233. The van der Waals surface area contributed by atoms with Crippen molar-refractivity contribution in [3.63, 3.8) is 0 Å². The summed E-state index contributed by atoms with van der Waals surface area (Å²) in [5.41, 5.74) is 11.9. The van der Waals surface area contributed by atoms with Crippen LogP contribution in [0.3, 0.4) is 0 Å². The molecule has 4 heteroatoms. The zero-order valence-electron chi connectivity index (χ0n) is 32.2. The number of aromatic nitrogens is 2. The predicted molar refractivity (Wildman–Crippen MR) is 249 cm³/mol. The maximum atomic E-state index is 16.4. The molecule has 0 bridgehead atoms. The zero-order chi connectivity index (χ0) is 38.7. The molecule has 3 nitrogen and oxygen atoms in total. The third kappa shape index (κ3) is 3.92. The average molecular weight is 771 g/mol. The van der Waals surface area contributed by atoms with Crippen LogP contribution >= 0.6 is 7.14 Å². The molecule has 5 heterocycles. The zero-order valence-corrected chi connectivity index (χ0v) is 33.1. The lowest BCUT2D eigenvalue weighted by Gasteiger charge is -2.26. The second-order valence-corrected chi connectivity index (χ2v) is 19.4. The van der Waals surface area contributed by atoms with Gasteiger partial charge in [0, 0.05) is 64.8 Å². The highest BCUT2D eigenvalue weighted by atomic mass is 31.2. The van der Waals surface area contributed by atoms with Gasteiger partial charge in [-0.25, -0.2) is 0 Å². The lowest BCUT2D eigenvalue weighted by Crippen LogP contribution is -2.34. The largest absolute Gasteiger partial charge is 0.309 e. The number of hydrogen-bond donors (Lipinski definition) is 0. The highest BCUT2D eigenvalue weighted by Crippen LogP contribution is 2.55. The van der Waals surface area contributed by atoms with Gasteiger partial charge in [-0.05, 0) is 70.1 Å². The molecular weight excluding hydrogens is 736 g/mol. The van der Waals surface area contributed by atoms with Crippen LogP contribution in [0, 0.1) is 5.92 Å². The molecule has 276 valence electrons. The molecule has 0 spiro atoms. The van der Waals surface area contributed by atoms with Crippen LogP contribution < -0.4 is 26.5 Å². The first-order chi connectivity index (χ1) is 29.1. The lowest BCUT2D eigenvalue weighted by molar-refractivity contribution is 0.592. The van der Waals surface area contributed by atoms with Crippen molar-refractivity contribution in [3.8, 4) is 22.3 Å². The van der Waals surface area contributed by atoms with Gasteiger partial charge in [-0.2, -0.15) is 0 Å². The Morgan fingerprint density at radius 1 is 0.475 bits per heavy atom. The smallest absolute Gasteiger partial charge is 0.172 e. The summed E-state index contributed by atoms with van der Waals surface area (Å²) in [6, 6.07) is 61.4. The van der Waals surface area contributed by atoms with Gasteiger partial charge in [-0.15, -0.1) is 0 Å². The van der Waals surface area contributed by atoms with E-state index in [9.17, 15) is 0 Å². The molecule has 0 fully saturated rings. The van der Waals surface area contributed by atoms with Gasteiger partial charge in [0.2, 0.25) is 0 Å². The van der Waals surface area contributed by atoms with Gasteiger partial charge < -0.3 is 13.4 Å². The Morgan fingerprint density at radius 2 is 1.07 bits per heavy atom. The summed E-state index contributed by atoms with van der Waals surface area (Å²) in [4.78, 5) is 0. The SMILES string of the molecule is CC1C=c2c(c3cccc4c5ccccc5n2c34)=CC1c1cccc2c1P(=O)(c1ccccc1)c1ccc(-c3ccc4c(c3)c3cccc5c6ccccc6n4c53)cc1-2. The van der Waals surface area contributed by atoms with Crippen molar-refractivity contribution < 1.29 is 4.57 Å². The Labute approximate surface area is 339 Å². The Morgan fingerprint density at radius 3 is 1.85 bits per heavy atom. The summed E-state index contributed by atoms with van der Waals surface area (Å²) in [6.07, 6.45) is 4.95. The third-order valence-corrected chi connectivity index (χ3v) is 17.1. The molecule has 0 radical (unpaired) electrons. The molecule has 59 heavy (non-hydrogen) atoms. The van der Waals surface area contributed by atoms with Crippen LogP contribution in [-0.2, 0) is 4.57 Å². The maximum Gasteiger partial charge on any atom is 0.172 e. The lowest BCUT2D eigenvalue weighted by atomic mass is 9.82. The molecule has 0 amide bonds. The highest BCUT2D eigenvalue weighted by molar-refractivity contribution is 7.86. The minimum atomic E-state index is -3.25. The topological polar surface area (TPSA) is 25.9 Å². The van der Waals surface area contributed by atoms with Gasteiger partial charge in [-0.3, -0.25) is 0 Å². The van der Waals surface area contributed by atoms with Gasteiger partial charge >= 0.3 is 0 Å². The molecule has 4 aromatic heterocycles. The van der Waals surface area contributed by atoms with Crippen LogP contribution in [0.4, 0.5) is 0 Å². The summed E-state index contributed by atoms with van der Waals surface area (Å²) in [6.45, 7) is 2.33. The van der Waals surface area contributed by atoms with Crippen LogP contribution in [0.15, 0.2) is 170 Å². The van der Waals surface area contributed by atoms with Gasteiger partial charge in [-0.1, -0.05) is 153 Å². The molecule has 2 aliphatic rings. The number of rotatable bonds is 3. The second kappa shape index (κ2) is 11.2. The van der Waals surface area contributed by atoms with E-state index >= 15 is 4.57 Å². The summed E-state index contributed by atoms with van der Waals surface area (Å²) < 4.78 is 21.3. The molecule has 12 aromatic rings. The molecule has 8 aromatic carbocycles. The van der Waals surface area contributed by atoms with Crippen molar-refractivity contribution in [1.82, 2.24) is 8.80 Å². The fourth-order valence-electron chi connectivity index (χ4n) is 11.4. The minimum Gasteiger partial charge on any atom is -0.309 e. The maximum absolute atomic E-state index is 16.4. The van der Waals surface area contributed by atoms with Crippen LogP contribution in [0.5, 0.6) is 0 Å². The number of para-hydroxylation sites is 4. The predicted octanol–water partition coefficient (Wildman–Crippen LogP) is 11.1. The van der Waals surface area contributed by atoms with E-state index in [4.69, 9.17) is 0 Å². The fraction of sp³-hybridized carbons (Fsp3) is 0.0545. The molecule has 0 saturated carbocycles. The van der Waals surface area contributed by atoms with Crippen LogP contribution in [0.2, 0.25) is 0 Å². The molecule has 3 unspecified atom stereocenters. The van der Waals surface area contributed by atoms with E-state index in [2.05, 4.69) is 180 Å². The third-order valence-electron chi connectivity index (χ3n) is 13.9. The number of nitrogens with zero attached hydrogens (tertiary/aromatic N) is 2. The first kappa shape index (κ1) is 32.1. The molecule has 0 saturated heterocycles. The van der Waals surface area contributed by atoms with Gasteiger partial charge in [0.15, 0.2) is 7.14 Å². The van der Waals surface area contributed by atoms with Crippen molar-refractivity contribution in [1.29, 1.82) is 0 Å². The number of benzene rings is 8. The van der Waals surface area contributed by atoms with Crippen LogP contribution in [0.25, 0.3) is 99.7 Å². The highest BCUT2D eigenvalue weighted by Gasteiger charge is 2.43. The van der Waals surface area contributed by atoms with Crippen LogP contribution in [0.1, 0.15) is 18.4 Å². The van der Waals surface area contributed by atoms with E-state index < -0.39 is 7.14 Å². The second-order valence-electron chi connectivity index (χ2n) is 16.8. The number of fused-ring (bicyclic) bond motifs is 15. The average Bonchev–Trinajstić information content (AvgIpc) is 4.06. The van der Waals surface area contributed by atoms with Gasteiger partial charge in [0.25, 0.3) is 0 Å². The summed E-state index contributed by atoms with van der Waals surface area (Å²) in [7, 11) is -3.25.